The Labute approximate surface area is 181 Å². The molecule has 0 aromatic heterocycles. The number of anilines is 1. The van der Waals surface area contributed by atoms with E-state index in [2.05, 4.69) is 50.4 Å². The minimum Gasteiger partial charge on any atom is -0.487 e. The molecule has 2 rings (SSSR count). The fraction of sp³-hybridized carbons (Fsp3) is 0.143. The number of halogens is 2. The van der Waals surface area contributed by atoms with Crippen molar-refractivity contribution in [2.45, 2.75) is 13.8 Å². The van der Waals surface area contributed by atoms with E-state index in [4.69, 9.17) is 4.74 Å². The fourth-order valence-corrected chi connectivity index (χ4v) is 4.04. The molecule has 4 nitrogen and oxygen atoms in total. The van der Waals surface area contributed by atoms with Crippen molar-refractivity contribution in [3.05, 3.63) is 73.3 Å². The molecule has 1 amide bonds. The maximum atomic E-state index is 12.5. The van der Waals surface area contributed by atoms with Crippen molar-refractivity contribution in [1.82, 2.24) is 0 Å². The number of rotatable bonds is 6. The summed E-state index contributed by atoms with van der Waals surface area (Å²) in [6.07, 6.45) is 3.22. The Morgan fingerprint density at radius 2 is 2.07 bits per heavy atom. The molecule has 0 bridgehead atoms. The average Bonchev–Trinajstić information content (AvgIpc) is 2.62. The SMILES string of the molecule is C=CCOc1c(Br)cc(/C=C(\C#N)C(=O)Nc2ccc(C)c(C)c2)cc1I. The number of carbonyl (C=O) groups excluding carboxylic acids is 1. The number of nitrogens with one attached hydrogen (secondary N) is 1. The number of nitrogens with zero attached hydrogens (tertiary/aromatic N) is 1. The Bertz CT molecular complexity index is 938. The van der Waals surface area contributed by atoms with E-state index in [9.17, 15) is 10.1 Å². The number of hydrogen-bond donors (Lipinski definition) is 1. The van der Waals surface area contributed by atoms with Crippen molar-refractivity contribution in [2.24, 2.45) is 0 Å². The molecular formula is C21H18BrIN2O2. The summed E-state index contributed by atoms with van der Waals surface area (Å²) in [4.78, 5) is 12.5. The van der Waals surface area contributed by atoms with Gasteiger partial charge in [0.05, 0.1) is 8.04 Å². The van der Waals surface area contributed by atoms with Gasteiger partial charge in [-0.1, -0.05) is 18.7 Å². The quantitative estimate of drug-likeness (QED) is 0.220. The monoisotopic (exact) mass is 536 g/mol. The third kappa shape index (κ3) is 5.68. The molecule has 0 fully saturated rings. The van der Waals surface area contributed by atoms with Crippen LogP contribution >= 0.6 is 38.5 Å². The lowest BCUT2D eigenvalue weighted by atomic mass is 10.1. The largest absolute Gasteiger partial charge is 0.487 e. The van der Waals surface area contributed by atoms with Gasteiger partial charge in [0.15, 0.2) is 0 Å². The molecule has 0 heterocycles. The van der Waals surface area contributed by atoms with E-state index >= 15 is 0 Å². The van der Waals surface area contributed by atoms with Gasteiger partial charge < -0.3 is 10.1 Å². The molecule has 0 aliphatic heterocycles. The molecule has 2 aromatic rings. The van der Waals surface area contributed by atoms with E-state index < -0.39 is 5.91 Å². The van der Waals surface area contributed by atoms with Gasteiger partial charge in [-0.3, -0.25) is 4.79 Å². The van der Waals surface area contributed by atoms with Gasteiger partial charge in [-0.25, -0.2) is 0 Å². The van der Waals surface area contributed by atoms with Gasteiger partial charge >= 0.3 is 0 Å². The van der Waals surface area contributed by atoms with Crippen molar-refractivity contribution >= 4 is 56.2 Å². The van der Waals surface area contributed by atoms with Gasteiger partial charge in [-0.2, -0.15) is 5.26 Å². The normalized spacial score (nSPS) is 10.9. The van der Waals surface area contributed by atoms with E-state index in [1.54, 1.807) is 18.2 Å². The maximum Gasteiger partial charge on any atom is 0.266 e. The van der Waals surface area contributed by atoms with Crippen molar-refractivity contribution in [1.29, 1.82) is 5.26 Å². The highest BCUT2D eigenvalue weighted by Gasteiger charge is 2.12. The molecular weight excluding hydrogens is 519 g/mol. The smallest absolute Gasteiger partial charge is 0.266 e. The third-order valence-electron chi connectivity index (χ3n) is 3.81. The number of aryl methyl sites for hydroxylation is 2. The fourth-order valence-electron chi connectivity index (χ4n) is 2.28. The maximum absolute atomic E-state index is 12.5. The number of ether oxygens (including phenoxy) is 1. The summed E-state index contributed by atoms with van der Waals surface area (Å²) in [7, 11) is 0. The van der Waals surface area contributed by atoms with E-state index in [-0.39, 0.29) is 5.57 Å². The van der Waals surface area contributed by atoms with Gasteiger partial charge in [0.1, 0.15) is 24.0 Å². The Morgan fingerprint density at radius 3 is 2.67 bits per heavy atom. The van der Waals surface area contributed by atoms with Crippen LogP contribution in [0.3, 0.4) is 0 Å². The number of benzene rings is 2. The Hall–Kier alpha value is -2.11. The standard InChI is InChI=1S/C21H18BrIN2O2/c1-4-7-27-20-18(22)10-15(11-19(20)23)9-16(12-24)21(26)25-17-6-5-13(2)14(3)8-17/h4-6,8-11H,1,7H2,2-3H3,(H,25,26)/b16-9+. The topological polar surface area (TPSA) is 62.1 Å². The van der Waals surface area contributed by atoms with Crippen LogP contribution in [0.5, 0.6) is 5.75 Å². The van der Waals surface area contributed by atoms with Crippen LogP contribution in [0.1, 0.15) is 16.7 Å². The first kappa shape index (κ1) is 21.2. The second-order valence-electron chi connectivity index (χ2n) is 5.84. The van der Waals surface area contributed by atoms with Crippen LogP contribution in [0.4, 0.5) is 5.69 Å². The summed E-state index contributed by atoms with van der Waals surface area (Å²) in [5, 5.41) is 12.2. The molecule has 27 heavy (non-hydrogen) atoms. The molecule has 0 spiro atoms. The average molecular weight is 537 g/mol. The lowest BCUT2D eigenvalue weighted by Crippen LogP contribution is -2.13. The molecule has 0 atom stereocenters. The summed E-state index contributed by atoms with van der Waals surface area (Å²) >= 11 is 5.62. The Balaban J connectivity index is 2.26. The number of carbonyl (C=O) groups is 1. The zero-order valence-corrected chi connectivity index (χ0v) is 18.7. The van der Waals surface area contributed by atoms with Crippen LogP contribution in [0.15, 0.2) is 53.0 Å². The summed E-state index contributed by atoms with van der Waals surface area (Å²) in [6.45, 7) is 8.01. The van der Waals surface area contributed by atoms with Gasteiger partial charge in [-0.05, 0) is 99.4 Å². The van der Waals surface area contributed by atoms with Gasteiger partial charge in [0.2, 0.25) is 0 Å². The molecule has 0 saturated carbocycles. The van der Waals surface area contributed by atoms with Gasteiger partial charge in [0, 0.05) is 5.69 Å². The number of nitriles is 1. The van der Waals surface area contributed by atoms with Crippen molar-refractivity contribution in [3.8, 4) is 11.8 Å². The third-order valence-corrected chi connectivity index (χ3v) is 5.20. The summed E-state index contributed by atoms with van der Waals surface area (Å²) in [6, 6.07) is 11.3. The van der Waals surface area contributed by atoms with Crippen LogP contribution in [-0.2, 0) is 4.79 Å². The lowest BCUT2D eigenvalue weighted by molar-refractivity contribution is -0.112. The van der Waals surface area contributed by atoms with Crippen LogP contribution in [0.25, 0.3) is 6.08 Å². The van der Waals surface area contributed by atoms with Crippen molar-refractivity contribution in [3.63, 3.8) is 0 Å². The molecule has 0 saturated heterocycles. The van der Waals surface area contributed by atoms with E-state index in [1.807, 2.05) is 44.2 Å². The lowest BCUT2D eigenvalue weighted by Gasteiger charge is -2.10. The van der Waals surface area contributed by atoms with Crippen molar-refractivity contribution in [2.75, 3.05) is 11.9 Å². The van der Waals surface area contributed by atoms with Crippen LogP contribution in [0.2, 0.25) is 0 Å². The first-order valence-corrected chi connectivity index (χ1v) is 9.96. The van der Waals surface area contributed by atoms with Crippen LogP contribution in [0, 0.1) is 28.7 Å². The highest BCUT2D eigenvalue weighted by atomic mass is 127. The highest BCUT2D eigenvalue weighted by Crippen LogP contribution is 2.32. The molecule has 2 aromatic carbocycles. The minimum atomic E-state index is -0.445. The summed E-state index contributed by atoms with van der Waals surface area (Å²) < 4.78 is 7.22. The van der Waals surface area contributed by atoms with Crippen LogP contribution < -0.4 is 10.1 Å². The highest BCUT2D eigenvalue weighted by molar-refractivity contribution is 14.1. The van der Waals surface area contributed by atoms with E-state index in [1.165, 1.54) is 0 Å². The number of hydrogen-bond acceptors (Lipinski definition) is 3. The molecule has 0 aliphatic rings. The molecule has 0 unspecified atom stereocenters. The van der Waals surface area contributed by atoms with E-state index in [0.717, 1.165) is 24.7 Å². The minimum absolute atomic E-state index is 0.0238. The van der Waals surface area contributed by atoms with Crippen molar-refractivity contribution < 1.29 is 9.53 Å². The molecule has 0 aliphatic carbocycles. The zero-order valence-electron chi connectivity index (χ0n) is 15.0. The summed E-state index contributed by atoms with van der Waals surface area (Å²) in [5.74, 6) is 0.254. The Kier molecular flexibility index (Phi) is 7.63. The summed E-state index contributed by atoms with van der Waals surface area (Å²) in [5.41, 5.74) is 3.62. The second kappa shape index (κ2) is 9.72. The number of amides is 1. The van der Waals surface area contributed by atoms with E-state index in [0.29, 0.717) is 18.0 Å². The first-order chi connectivity index (χ1) is 12.8. The molecule has 1 N–H and O–H groups in total. The first-order valence-electron chi connectivity index (χ1n) is 8.09. The van der Waals surface area contributed by atoms with Crippen LogP contribution in [-0.4, -0.2) is 12.5 Å². The van der Waals surface area contributed by atoms with Gasteiger partial charge in [0.25, 0.3) is 5.91 Å². The second-order valence-corrected chi connectivity index (χ2v) is 7.85. The molecule has 0 radical (unpaired) electrons. The predicted octanol–water partition coefficient (Wildman–Crippen LogP) is 5.78. The molecule has 6 heteroatoms. The zero-order chi connectivity index (χ0) is 20.0. The predicted molar refractivity (Wildman–Crippen MR) is 121 cm³/mol. The van der Waals surface area contributed by atoms with Gasteiger partial charge in [-0.15, -0.1) is 0 Å². The molecule has 138 valence electrons. The Morgan fingerprint density at radius 1 is 1.33 bits per heavy atom.